The van der Waals surface area contributed by atoms with Gasteiger partial charge in [0.2, 0.25) is 10.0 Å². The first-order valence-electron chi connectivity index (χ1n) is 4.84. The Morgan fingerprint density at radius 1 is 1.53 bits per heavy atom. The fraction of sp³-hybridized carbons (Fsp3) is 0.273. The Hall–Kier alpha value is -0.850. The molecule has 0 saturated carbocycles. The molecule has 6 heteroatoms. The molecule has 0 aliphatic rings. The van der Waals surface area contributed by atoms with Crippen molar-refractivity contribution in [3.8, 4) is 5.75 Å². The number of hydrogen-bond donors (Lipinski definition) is 0. The van der Waals surface area contributed by atoms with Crippen molar-refractivity contribution in [1.29, 1.82) is 0 Å². The van der Waals surface area contributed by atoms with Crippen molar-refractivity contribution in [2.75, 3.05) is 20.7 Å². The third-order valence-electron chi connectivity index (χ3n) is 2.20. The van der Waals surface area contributed by atoms with Crippen LogP contribution in [0.3, 0.4) is 0 Å². The molecular weight excluding hydrogens is 306 g/mol. The number of methoxy groups -OCH3 is 1. The highest BCUT2D eigenvalue weighted by Crippen LogP contribution is 2.29. The van der Waals surface area contributed by atoms with Gasteiger partial charge in [0.25, 0.3) is 0 Å². The molecule has 1 rings (SSSR count). The van der Waals surface area contributed by atoms with Crippen LogP contribution in [0.2, 0.25) is 0 Å². The zero-order valence-corrected chi connectivity index (χ0v) is 12.1. The van der Waals surface area contributed by atoms with Crippen molar-refractivity contribution in [1.82, 2.24) is 4.31 Å². The Labute approximate surface area is 110 Å². The summed E-state index contributed by atoms with van der Waals surface area (Å²) in [5, 5.41) is 0. The van der Waals surface area contributed by atoms with Gasteiger partial charge in [-0.05, 0) is 18.2 Å². The second kappa shape index (κ2) is 5.66. The van der Waals surface area contributed by atoms with E-state index < -0.39 is 10.0 Å². The maximum Gasteiger partial charge on any atom is 0.246 e. The number of rotatable bonds is 5. The smallest absolute Gasteiger partial charge is 0.246 e. The quantitative estimate of drug-likeness (QED) is 0.782. The molecule has 0 fully saturated rings. The maximum absolute atomic E-state index is 12.2. The minimum absolute atomic E-state index is 0.138. The molecule has 0 radical (unpaired) electrons. The molecule has 0 spiro atoms. The van der Waals surface area contributed by atoms with Crippen molar-refractivity contribution in [3.63, 3.8) is 0 Å². The first kappa shape index (κ1) is 14.2. The first-order valence-corrected chi connectivity index (χ1v) is 7.07. The van der Waals surface area contributed by atoms with Crippen LogP contribution in [0.4, 0.5) is 0 Å². The third kappa shape index (κ3) is 3.08. The van der Waals surface area contributed by atoms with Crippen LogP contribution >= 0.6 is 15.9 Å². The molecule has 1 aromatic rings. The van der Waals surface area contributed by atoms with Gasteiger partial charge in [0.1, 0.15) is 10.6 Å². The predicted molar refractivity (Wildman–Crippen MR) is 70.7 cm³/mol. The molecule has 0 amide bonds. The van der Waals surface area contributed by atoms with Crippen LogP contribution < -0.4 is 4.74 Å². The molecule has 0 aliphatic carbocycles. The molecule has 0 aromatic heterocycles. The van der Waals surface area contributed by atoms with Gasteiger partial charge in [-0.1, -0.05) is 22.0 Å². The number of halogens is 1. The largest absolute Gasteiger partial charge is 0.495 e. The van der Waals surface area contributed by atoms with E-state index in [0.717, 1.165) is 0 Å². The summed E-state index contributed by atoms with van der Waals surface area (Å²) in [6.07, 6.45) is 1.53. The summed E-state index contributed by atoms with van der Waals surface area (Å²) in [5.74, 6) is 0.323. The second-order valence-electron chi connectivity index (χ2n) is 3.37. The van der Waals surface area contributed by atoms with E-state index in [-0.39, 0.29) is 11.4 Å². The third-order valence-corrected chi connectivity index (χ3v) is 4.54. The Morgan fingerprint density at radius 3 is 2.71 bits per heavy atom. The molecule has 0 N–H and O–H groups in total. The maximum atomic E-state index is 12.2. The Bertz CT molecular complexity index is 513. The topological polar surface area (TPSA) is 46.6 Å². The standard InChI is InChI=1S/C11H14BrNO3S/c1-4-7-13(2)17(14,15)11-8-9(12)5-6-10(11)16-3/h4-6,8H,1,7H2,2-3H3. The van der Waals surface area contributed by atoms with E-state index in [1.54, 1.807) is 12.1 Å². The molecule has 4 nitrogen and oxygen atoms in total. The molecule has 0 heterocycles. The van der Waals surface area contributed by atoms with Gasteiger partial charge < -0.3 is 4.74 Å². The lowest BCUT2D eigenvalue weighted by Gasteiger charge is -2.17. The van der Waals surface area contributed by atoms with Crippen molar-refractivity contribution in [2.45, 2.75) is 4.90 Å². The summed E-state index contributed by atoms with van der Waals surface area (Å²) in [4.78, 5) is 0.138. The van der Waals surface area contributed by atoms with E-state index in [1.165, 1.54) is 30.6 Å². The van der Waals surface area contributed by atoms with Gasteiger partial charge in [-0.2, -0.15) is 4.31 Å². The molecule has 0 bridgehead atoms. The van der Waals surface area contributed by atoms with Crippen molar-refractivity contribution in [2.24, 2.45) is 0 Å². The number of sulfonamides is 1. The number of likely N-dealkylation sites (N-methyl/N-ethyl adjacent to an activating group) is 1. The summed E-state index contributed by atoms with van der Waals surface area (Å²) in [5.41, 5.74) is 0. The molecule has 1 aromatic carbocycles. The van der Waals surface area contributed by atoms with Crippen LogP contribution in [0.5, 0.6) is 5.75 Å². The van der Waals surface area contributed by atoms with Crippen molar-refractivity contribution >= 4 is 26.0 Å². The first-order chi connectivity index (χ1) is 7.93. The number of benzene rings is 1. The molecule has 0 saturated heterocycles. The Morgan fingerprint density at radius 2 is 2.18 bits per heavy atom. The van der Waals surface area contributed by atoms with Crippen LogP contribution in [0.15, 0.2) is 40.2 Å². The summed E-state index contributed by atoms with van der Waals surface area (Å²) in [6, 6.07) is 4.86. The average molecular weight is 320 g/mol. The lowest BCUT2D eigenvalue weighted by atomic mass is 10.3. The Kier molecular flexibility index (Phi) is 4.73. The van der Waals surface area contributed by atoms with Crippen LogP contribution in [-0.2, 0) is 10.0 Å². The number of hydrogen-bond acceptors (Lipinski definition) is 3. The van der Waals surface area contributed by atoms with Crippen LogP contribution in [-0.4, -0.2) is 33.4 Å². The van der Waals surface area contributed by atoms with E-state index in [4.69, 9.17) is 4.74 Å². The van der Waals surface area contributed by atoms with Crippen molar-refractivity contribution < 1.29 is 13.2 Å². The normalized spacial score (nSPS) is 11.5. The van der Waals surface area contributed by atoms with Crippen molar-refractivity contribution in [3.05, 3.63) is 35.3 Å². The average Bonchev–Trinajstić information content (AvgIpc) is 2.29. The van der Waals surface area contributed by atoms with Gasteiger partial charge in [0.05, 0.1) is 7.11 Å². The summed E-state index contributed by atoms with van der Waals surface area (Å²) in [6.45, 7) is 3.77. The van der Waals surface area contributed by atoms with Crippen LogP contribution in [0.25, 0.3) is 0 Å². The highest BCUT2D eigenvalue weighted by molar-refractivity contribution is 9.10. The minimum Gasteiger partial charge on any atom is -0.495 e. The van der Waals surface area contributed by atoms with Crippen LogP contribution in [0.1, 0.15) is 0 Å². The summed E-state index contributed by atoms with van der Waals surface area (Å²) < 4.78 is 31.4. The highest BCUT2D eigenvalue weighted by atomic mass is 79.9. The zero-order valence-electron chi connectivity index (χ0n) is 9.68. The van der Waals surface area contributed by atoms with Crippen LogP contribution in [0, 0.1) is 0 Å². The van der Waals surface area contributed by atoms with Gasteiger partial charge >= 0.3 is 0 Å². The van der Waals surface area contributed by atoms with Gasteiger partial charge in [-0.25, -0.2) is 8.42 Å². The molecule has 0 atom stereocenters. The van der Waals surface area contributed by atoms with Gasteiger partial charge in [0, 0.05) is 18.1 Å². The zero-order chi connectivity index (χ0) is 13.1. The van der Waals surface area contributed by atoms with E-state index in [9.17, 15) is 8.42 Å². The van der Waals surface area contributed by atoms with E-state index in [1.807, 2.05) is 0 Å². The number of ether oxygens (including phenoxy) is 1. The minimum atomic E-state index is -3.56. The predicted octanol–water partition coefficient (Wildman–Crippen LogP) is 2.26. The fourth-order valence-corrected chi connectivity index (χ4v) is 3.13. The molecule has 94 valence electrons. The summed E-state index contributed by atoms with van der Waals surface area (Å²) in [7, 11) is -0.622. The molecular formula is C11H14BrNO3S. The highest BCUT2D eigenvalue weighted by Gasteiger charge is 2.24. The van der Waals surface area contributed by atoms with E-state index in [2.05, 4.69) is 22.5 Å². The van der Waals surface area contributed by atoms with Gasteiger partial charge in [-0.3, -0.25) is 0 Å². The van der Waals surface area contributed by atoms with Gasteiger partial charge in [0.15, 0.2) is 0 Å². The SMILES string of the molecule is C=CCN(C)S(=O)(=O)c1cc(Br)ccc1OC. The monoisotopic (exact) mass is 319 g/mol. The van der Waals surface area contributed by atoms with Gasteiger partial charge in [-0.15, -0.1) is 6.58 Å². The lowest BCUT2D eigenvalue weighted by molar-refractivity contribution is 0.399. The Balaban J connectivity index is 3.31. The van der Waals surface area contributed by atoms with E-state index in [0.29, 0.717) is 10.2 Å². The fourth-order valence-electron chi connectivity index (χ4n) is 1.30. The molecule has 17 heavy (non-hydrogen) atoms. The summed E-state index contributed by atoms with van der Waals surface area (Å²) >= 11 is 3.25. The van der Waals surface area contributed by atoms with E-state index >= 15 is 0 Å². The lowest BCUT2D eigenvalue weighted by Crippen LogP contribution is -2.27. The molecule has 0 unspecified atom stereocenters. The molecule has 0 aliphatic heterocycles. The number of nitrogens with zero attached hydrogens (tertiary/aromatic N) is 1. The second-order valence-corrected chi connectivity index (χ2v) is 6.30.